The van der Waals surface area contributed by atoms with Crippen molar-refractivity contribution < 1.29 is 14.3 Å². The summed E-state index contributed by atoms with van der Waals surface area (Å²) in [6, 6.07) is 12.1. The third-order valence-corrected chi connectivity index (χ3v) is 7.00. The first kappa shape index (κ1) is 25.4. The van der Waals surface area contributed by atoms with Crippen LogP contribution in [0.15, 0.2) is 59.3 Å². The molecular weight excluding hydrogens is 530 g/mol. The van der Waals surface area contributed by atoms with E-state index < -0.39 is 5.97 Å². The lowest BCUT2D eigenvalue weighted by atomic mass is 10.0. The van der Waals surface area contributed by atoms with Crippen LogP contribution in [0.2, 0.25) is 20.1 Å². The lowest BCUT2D eigenvalue weighted by molar-refractivity contribution is -0.136. The van der Waals surface area contributed by atoms with Gasteiger partial charge in [-0.25, -0.2) is 4.79 Å². The van der Waals surface area contributed by atoms with Gasteiger partial charge in [-0.2, -0.15) is 0 Å². The zero-order valence-electron chi connectivity index (χ0n) is 19.2. The number of amides is 1. The molecule has 0 fully saturated rings. The second-order valence-corrected chi connectivity index (χ2v) is 9.73. The number of benzene rings is 2. The first-order chi connectivity index (χ1) is 16.5. The van der Waals surface area contributed by atoms with Crippen LogP contribution in [0.1, 0.15) is 23.9 Å². The molecule has 0 radical (unpaired) electrons. The molecule has 1 aliphatic heterocycles. The van der Waals surface area contributed by atoms with Gasteiger partial charge in [-0.15, -0.1) is 0 Å². The van der Waals surface area contributed by atoms with Crippen LogP contribution in [0.3, 0.4) is 0 Å². The Morgan fingerprint density at radius 2 is 1.54 bits per heavy atom. The maximum atomic E-state index is 13.6. The number of rotatable bonds is 4. The molecule has 2 aromatic carbocycles. The highest BCUT2D eigenvalue weighted by Crippen LogP contribution is 2.38. The number of aryl methyl sites for hydroxylation is 1. The van der Waals surface area contributed by atoms with E-state index in [1.54, 1.807) is 43.3 Å². The van der Waals surface area contributed by atoms with Gasteiger partial charge in [-0.1, -0.05) is 46.4 Å². The van der Waals surface area contributed by atoms with E-state index in [0.717, 1.165) is 22.6 Å². The van der Waals surface area contributed by atoms with E-state index in [1.165, 1.54) is 12.0 Å². The van der Waals surface area contributed by atoms with Crippen LogP contribution < -0.4 is 4.90 Å². The molecule has 0 saturated carbocycles. The fraction of sp³-hybridized carbons (Fsp3) is 0.154. The number of allylic oxidation sites excluding steroid dienone is 1. The Bertz CT molecular complexity index is 1430. The summed E-state index contributed by atoms with van der Waals surface area (Å²) in [5.41, 5.74) is 4.61. The van der Waals surface area contributed by atoms with Gasteiger partial charge < -0.3 is 9.30 Å². The lowest BCUT2D eigenvalue weighted by Gasteiger charge is -2.18. The van der Waals surface area contributed by atoms with Crippen LogP contribution >= 0.6 is 46.4 Å². The van der Waals surface area contributed by atoms with Crippen molar-refractivity contribution >= 4 is 70.0 Å². The van der Waals surface area contributed by atoms with Crippen LogP contribution in [-0.2, 0) is 14.3 Å². The lowest BCUT2D eigenvalue weighted by Crippen LogP contribution is -2.24. The molecule has 1 amide bonds. The SMILES string of the molecule is COC(=O)C1=C(C)N(c2cc(Cl)cc(Cl)c2)C(=O)/C1=C\c1cc(C)n(-c2ccc(Cl)c(Cl)c2)c1C. The third-order valence-electron chi connectivity index (χ3n) is 5.83. The number of nitrogens with zero attached hydrogens (tertiary/aromatic N) is 2. The maximum absolute atomic E-state index is 13.6. The molecule has 5 nitrogen and oxygen atoms in total. The molecule has 9 heteroatoms. The second kappa shape index (κ2) is 9.75. The van der Waals surface area contributed by atoms with Gasteiger partial charge in [0.15, 0.2) is 0 Å². The first-order valence-electron chi connectivity index (χ1n) is 10.5. The molecule has 35 heavy (non-hydrogen) atoms. The molecule has 0 bridgehead atoms. The molecule has 4 rings (SSSR count). The summed E-state index contributed by atoms with van der Waals surface area (Å²) in [6.07, 6.45) is 1.70. The average molecular weight is 550 g/mol. The number of aromatic nitrogens is 1. The van der Waals surface area contributed by atoms with Crippen molar-refractivity contribution in [1.29, 1.82) is 0 Å². The molecule has 0 atom stereocenters. The molecule has 180 valence electrons. The van der Waals surface area contributed by atoms with Crippen molar-refractivity contribution in [3.63, 3.8) is 0 Å². The predicted molar refractivity (Wildman–Crippen MR) is 142 cm³/mol. The number of hydrogen-bond donors (Lipinski definition) is 0. The fourth-order valence-corrected chi connectivity index (χ4v) is 5.08. The molecule has 1 aliphatic rings. The van der Waals surface area contributed by atoms with Crippen molar-refractivity contribution in [1.82, 2.24) is 4.57 Å². The van der Waals surface area contributed by atoms with E-state index in [9.17, 15) is 9.59 Å². The summed E-state index contributed by atoms with van der Waals surface area (Å²) < 4.78 is 7.00. The van der Waals surface area contributed by atoms with E-state index in [2.05, 4.69) is 0 Å². The van der Waals surface area contributed by atoms with Gasteiger partial charge in [0.1, 0.15) is 0 Å². The van der Waals surface area contributed by atoms with Gasteiger partial charge in [-0.3, -0.25) is 9.69 Å². The standard InChI is InChI=1S/C26H20Cl4N2O3/c1-13-7-16(14(2)31(13)19-5-6-22(29)23(30)12-19)8-21-24(26(34)35-4)15(3)32(25(21)33)20-10-17(27)9-18(28)11-20/h5-12H,1-4H3/b21-8-. The minimum atomic E-state index is -0.615. The van der Waals surface area contributed by atoms with Gasteiger partial charge in [-0.05, 0) is 74.9 Å². The van der Waals surface area contributed by atoms with Crippen molar-refractivity contribution in [3.05, 3.63) is 96.3 Å². The highest BCUT2D eigenvalue weighted by molar-refractivity contribution is 6.42. The van der Waals surface area contributed by atoms with E-state index in [1.807, 2.05) is 30.5 Å². The molecule has 0 spiro atoms. The molecule has 2 heterocycles. The topological polar surface area (TPSA) is 51.5 Å². The van der Waals surface area contributed by atoms with Crippen LogP contribution in [0.5, 0.6) is 0 Å². The Hall–Kier alpha value is -2.70. The number of carbonyl (C=O) groups excluding carboxylic acids is 2. The highest BCUT2D eigenvalue weighted by Gasteiger charge is 2.38. The zero-order valence-corrected chi connectivity index (χ0v) is 22.3. The second-order valence-electron chi connectivity index (χ2n) is 8.04. The zero-order chi connectivity index (χ0) is 25.6. The molecule has 1 aromatic heterocycles. The largest absolute Gasteiger partial charge is 0.465 e. The first-order valence-corrected chi connectivity index (χ1v) is 12.0. The summed E-state index contributed by atoms with van der Waals surface area (Å²) in [4.78, 5) is 27.8. The Kier molecular flexibility index (Phi) is 7.07. The van der Waals surface area contributed by atoms with E-state index >= 15 is 0 Å². The quantitative estimate of drug-likeness (QED) is 0.249. The molecule has 0 aliphatic carbocycles. The van der Waals surface area contributed by atoms with Gasteiger partial charge >= 0.3 is 5.97 Å². The predicted octanol–water partition coefficient (Wildman–Crippen LogP) is 7.58. The van der Waals surface area contributed by atoms with Crippen LogP contribution in [0.4, 0.5) is 5.69 Å². The smallest absolute Gasteiger partial charge is 0.340 e. The molecule has 0 saturated heterocycles. The number of anilines is 1. The minimum absolute atomic E-state index is 0.174. The Morgan fingerprint density at radius 3 is 2.14 bits per heavy atom. The number of halogens is 4. The van der Waals surface area contributed by atoms with Crippen LogP contribution in [0, 0.1) is 13.8 Å². The van der Waals surface area contributed by atoms with E-state index in [0.29, 0.717) is 31.5 Å². The van der Waals surface area contributed by atoms with E-state index in [-0.39, 0.29) is 17.1 Å². The normalized spacial score (nSPS) is 14.9. The van der Waals surface area contributed by atoms with Crippen molar-refractivity contribution in [2.75, 3.05) is 12.0 Å². The minimum Gasteiger partial charge on any atom is -0.465 e. The monoisotopic (exact) mass is 548 g/mol. The highest BCUT2D eigenvalue weighted by atomic mass is 35.5. The summed E-state index contributed by atoms with van der Waals surface area (Å²) in [5, 5.41) is 1.64. The van der Waals surface area contributed by atoms with Gasteiger partial charge in [0.05, 0.1) is 34.0 Å². The van der Waals surface area contributed by atoms with Crippen LogP contribution in [0.25, 0.3) is 11.8 Å². The van der Waals surface area contributed by atoms with Crippen molar-refractivity contribution in [3.8, 4) is 5.69 Å². The maximum Gasteiger partial charge on any atom is 0.340 e. The number of carbonyl (C=O) groups is 2. The number of ether oxygens (including phenoxy) is 1. The fourth-order valence-electron chi connectivity index (χ4n) is 4.27. The Balaban J connectivity index is 1.86. The molecular formula is C26H20Cl4N2O3. The number of esters is 1. The summed E-state index contributed by atoms with van der Waals surface area (Å²) in [7, 11) is 1.28. The van der Waals surface area contributed by atoms with Crippen molar-refractivity contribution in [2.24, 2.45) is 0 Å². The average Bonchev–Trinajstić information content (AvgIpc) is 3.20. The van der Waals surface area contributed by atoms with Gasteiger partial charge in [0.25, 0.3) is 5.91 Å². The van der Waals surface area contributed by atoms with Crippen molar-refractivity contribution in [2.45, 2.75) is 20.8 Å². The number of hydrogen-bond acceptors (Lipinski definition) is 3. The molecule has 3 aromatic rings. The van der Waals surface area contributed by atoms with E-state index in [4.69, 9.17) is 51.1 Å². The summed E-state index contributed by atoms with van der Waals surface area (Å²) in [6.45, 7) is 5.54. The third kappa shape index (κ3) is 4.62. The molecule has 0 N–H and O–H groups in total. The van der Waals surface area contributed by atoms with Gasteiger partial charge in [0, 0.05) is 32.8 Å². The summed E-state index contributed by atoms with van der Waals surface area (Å²) in [5.74, 6) is -1.00. The van der Waals surface area contributed by atoms with Gasteiger partial charge in [0.2, 0.25) is 0 Å². The Labute approximate surface area is 223 Å². The number of methoxy groups -OCH3 is 1. The summed E-state index contributed by atoms with van der Waals surface area (Å²) >= 11 is 24.7. The molecule has 0 unspecified atom stereocenters. The Morgan fingerprint density at radius 1 is 0.886 bits per heavy atom. The van der Waals surface area contributed by atoms with Crippen LogP contribution in [-0.4, -0.2) is 23.6 Å².